The fraction of sp³-hybridized carbons (Fsp3) is 0.500. The highest BCUT2D eigenvalue weighted by Crippen LogP contribution is 2.20. The summed E-state index contributed by atoms with van der Waals surface area (Å²) < 4.78 is 42.1. The van der Waals surface area contributed by atoms with E-state index in [2.05, 4.69) is 4.99 Å². The van der Waals surface area contributed by atoms with Crippen molar-refractivity contribution < 1.29 is 41.8 Å². The number of nitrogens with zero attached hydrogens (tertiary/aromatic N) is 3. The number of amides is 2. The molecule has 0 spiro atoms. The van der Waals surface area contributed by atoms with E-state index < -0.39 is 45.1 Å². The van der Waals surface area contributed by atoms with Crippen LogP contribution in [0.15, 0.2) is 23.2 Å². The molecule has 1 fully saturated rings. The van der Waals surface area contributed by atoms with E-state index in [0.29, 0.717) is 23.4 Å². The Morgan fingerprint density at radius 2 is 1.75 bits per heavy atom. The van der Waals surface area contributed by atoms with Crippen LogP contribution < -0.4 is 4.80 Å². The van der Waals surface area contributed by atoms with E-state index >= 15 is 0 Å². The Bertz CT molecular complexity index is 1320. The molecular weight excluding hydrogens is 514 g/mol. The number of carbonyl (C=O) groups excluding carboxylic acids is 4. The average molecular weight is 542 g/mol. The van der Waals surface area contributed by atoms with Crippen LogP contribution in [0.2, 0.25) is 0 Å². The molecule has 0 N–H and O–H groups in total. The summed E-state index contributed by atoms with van der Waals surface area (Å²) in [6.45, 7) is 4.62. The largest absolute Gasteiger partial charge is 0.465 e. The lowest BCUT2D eigenvalue weighted by Gasteiger charge is -2.26. The normalized spacial score (nSPS) is 14.6. The number of hydrogen-bond donors (Lipinski definition) is 0. The van der Waals surface area contributed by atoms with E-state index in [1.54, 1.807) is 26.0 Å². The second-order valence-corrected chi connectivity index (χ2v) is 10.8. The number of rotatable bonds is 9. The van der Waals surface area contributed by atoms with Gasteiger partial charge in [0.05, 0.1) is 42.2 Å². The predicted octanol–water partition coefficient (Wildman–Crippen LogP) is 0.144. The number of morpholine rings is 1. The van der Waals surface area contributed by atoms with Gasteiger partial charge in [-0.1, -0.05) is 11.3 Å². The molecule has 1 aliphatic rings. The Morgan fingerprint density at radius 3 is 2.42 bits per heavy atom. The van der Waals surface area contributed by atoms with Gasteiger partial charge in [-0.15, -0.1) is 0 Å². The Kier molecular flexibility index (Phi) is 9.34. The average Bonchev–Trinajstić information content (AvgIpc) is 3.14. The molecule has 0 radical (unpaired) electrons. The molecule has 1 aromatic heterocycles. The van der Waals surface area contributed by atoms with Gasteiger partial charge in [0.25, 0.3) is 5.91 Å². The molecule has 2 heterocycles. The van der Waals surface area contributed by atoms with Crippen molar-refractivity contribution in [2.45, 2.75) is 20.4 Å². The van der Waals surface area contributed by atoms with Crippen LogP contribution in [0.5, 0.6) is 0 Å². The fourth-order valence-corrected chi connectivity index (χ4v) is 5.65. The molecule has 1 aromatic carbocycles. The lowest BCUT2D eigenvalue weighted by molar-refractivity contribution is -0.143. The smallest absolute Gasteiger partial charge is 0.338 e. The standard InChI is InChI=1S/C22H27N3O9S2/c1-3-33-20(28)12-25-16-6-5-15(21(29)34-4-2)11-17(16)35-22(25)23-18(26)13-36(30,31)14-19(27)24-7-9-32-10-8-24/h5-6,11H,3-4,7-10,12-14H2,1-2H3. The van der Waals surface area contributed by atoms with Crippen molar-refractivity contribution in [3.63, 3.8) is 0 Å². The van der Waals surface area contributed by atoms with Gasteiger partial charge in [-0.3, -0.25) is 14.4 Å². The van der Waals surface area contributed by atoms with Crippen molar-refractivity contribution in [2.24, 2.45) is 4.99 Å². The van der Waals surface area contributed by atoms with E-state index in [4.69, 9.17) is 14.2 Å². The predicted molar refractivity (Wildman–Crippen MR) is 129 cm³/mol. The number of hydrogen-bond acceptors (Lipinski definition) is 10. The van der Waals surface area contributed by atoms with Crippen molar-refractivity contribution >= 4 is 55.1 Å². The van der Waals surface area contributed by atoms with Crippen LogP contribution >= 0.6 is 11.3 Å². The molecular formula is C22H27N3O9S2. The Morgan fingerprint density at radius 1 is 1.06 bits per heavy atom. The van der Waals surface area contributed by atoms with Crippen LogP contribution in [0.4, 0.5) is 0 Å². The quantitative estimate of drug-likeness (QED) is 0.404. The highest BCUT2D eigenvalue weighted by Gasteiger charge is 2.26. The number of esters is 2. The van der Waals surface area contributed by atoms with Gasteiger partial charge in [0.2, 0.25) is 5.91 Å². The summed E-state index contributed by atoms with van der Waals surface area (Å²) >= 11 is 1.00. The summed E-state index contributed by atoms with van der Waals surface area (Å²) in [5.74, 6) is -4.48. The minimum absolute atomic E-state index is 0.0544. The number of thiazole rings is 1. The number of fused-ring (bicyclic) bond motifs is 1. The second kappa shape index (κ2) is 12.2. The van der Waals surface area contributed by atoms with Gasteiger partial charge in [0.1, 0.15) is 18.1 Å². The highest BCUT2D eigenvalue weighted by atomic mass is 32.2. The van der Waals surface area contributed by atoms with Crippen molar-refractivity contribution in [2.75, 3.05) is 51.0 Å². The summed E-state index contributed by atoms with van der Waals surface area (Å²) in [5.41, 5.74) is 0.772. The van der Waals surface area contributed by atoms with Crippen LogP contribution in [0.25, 0.3) is 10.2 Å². The van der Waals surface area contributed by atoms with Crippen LogP contribution in [-0.2, 0) is 45.0 Å². The molecule has 12 nitrogen and oxygen atoms in total. The Balaban J connectivity index is 1.88. The first-order chi connectivity index (χ1) is 17.1. The van der Waals surface area contributed by atoms with Gasteiger partial charge < -0.3 is 23.7 Å². The minimum atomic E-state index is -4.08. The number of sulfone groups is 1. The van der Waals surface area contributed by atoms with Gasteiger partial charge >= 0.3 is 11.9 Å². The molecule has 2 aromatic rings. The molecule has 196 valence electrons. The lowest BCUT2D eigenvalue weighted by atomic mass is 10.2. The van der Waals surface area contributed by atoms with Gasteiger partial charge in [-0.05, 0) is 32.0 Å². The van der Waals surface area contributed by atoms with Gasteiger partial charge in [-0.25, -0.2) is 13.2 Å². The molecule has 0 bridgehead atoms. The summed E-state index contributed by atoms with van der Waals surface area (Å²) in [6.07, 6.45) is 0. The third kappa shape index (κ3) is 7.21. The Labute approximate surface area is 211 Å². The number of benzene rings is 1. The third-order valence-electron chi connectivity index (χ3n) is 5.06. The van der Waals surface area contributed by atoms with Crippen LogP contribution in [0.3, 0.4) is 0 Å². The zero-order valence-electron chi connectivity index (χ0n) is 19.9. The SMILES string of the molecule is CCOC(=O)Cn1c(=NC(=O)CS(=O)(=O)CC(=O)N2CCOCC2)sc2cc(C(=O)OCC)ccc21. The van der Waals surface area contributed by atoms with E-state index in [9.17, 15) is 27.6 Å². The topological polar surface area (TPSA) is 151 Å². The molecule has 0 atom stereocenters. The van der Waals surface area contributed by atoms with Gasteiger partial charge in [0, 0.05) is 13.1 Å². The lowest BCUT2D eigenvalue weighted by Crippen LogP contribution is -2.43. The molecule has 1 saturated heterocycles. The molecule has 1 aliphatic heterocycles. The number of carbonyl (C=O) groups is 4. The number of aromatic nitrogens is 1. The molecule has 0 saturated carbocycles. The Hall–Kier alpha value is -3.10. The molecule has 14 heteroatoms. The van der Waals surface area contributed by atoms with Crippen LogP contribution in [0, 0.1) is 0 Å². The van der Waals surface area contributed by atoms with E-state index in [-0.39, 0.29) is 43.2 Å². The summed E-state index contributed by atoms with van der Waals surface area (Å²) in [4.78, 5) is 54.5. The summed E-state index contributed by atoms with van der Waals surface area (Å²) in [7, 11) is -4.08. The van der Waals surface area contributed by atoms with Crippen molar-refractivity contribution in [3.05, 3.63) is 28.6 Å². The monoisotopic (exact) mass is 541 g/mol. The molecule has 0 unspecified atom stereocenters. The van der Waals surface area contributed by atoms with E-state index in [0.717, 1.165) is 11.3 Å². The zero-order valence-corrected chi connectivity index (χ0v) is 21.6. The summed E-state index contributed by atoms with van der Waals surface area (Å²) in [6, 6.07) is 4.64. The number of ether oxygens (including phenoxy) is 3. The molecule has 0 aliphatic carbocycles. The first kappa shape index (κ1) is 27.5. The second-order valence-electron chi connectivity index (χ2n) is 7.71. The van der Waals surface area contributed by atoms with Crippen LogP contribution in [-0.4, -0.2) is 92.7 Å². The van der Waals surface area contributed by atoms with Gasteiger partial charge in [-0.2, -0.15) is 4.99 Å². The third-order valence-corrected chi connectivity index (χ3v) is 7.47. The molecule has 36 heavy (non-hydrogen) atoms. The van der Waals surface area contributed by atoms with Crippen molar-refractivity contribution in [1.29, 1.82) is 0 Å². The maximum absolute atomic E-state index is 12.6. The fourth-order valence-electron chi connectivity index (χ4n) is 3.46. The van der Waals surface area contributed by atoms with E-state index in [1.165, 1.54) is 15.5 Å². The first-order valence-electron chi connectivity index (χ1n) is 11.2. The van der Waals surface area contributed by atoms with E-state index in [1.807, 2.05) is 0 Å². The molecule has 2 amide bonds. The first-order valence-corrected chi connectivity index (χ1v) is 13.9. The highest BCUT2D eigenvalue weighted by molar-refractivity contribution is 7.92. The van der Waals surface area contributed by atoms with Crippen molar-refractivity contribution in [1.82, 2.24) is 9.47 Å². The van der Waals surface area contributed by atoms with Crippen LogP contribution in [0.1, 0.15) is 24.2 Å². The maximum atomic E-state index is 12.6. The van der Waals surface area contributed by atoms with Crippen molar-refractivity contribution in [3.8, 4) is 0 Å². The molecule has 3 rings (SSSR count). The maximum Gasteiger partial charge on any atom is 0.338 e. The minimum Gasteiger partial charge on any atom is -0.465 e. The summed E-state index contributed by atoms with van der Waals surface area (Å²) in [5, 5.41) is 0. The van der Waals surface area contributed by atoms with Gasteiger partial charge in [0.15, 0.2) is 14.6 Å². The zero-order chi connectivity index (χ0) is 26.3.